The quantitative estimate of drug-likeness (QED) is 0.640. The molecule has 66 valence electrons. The first kappa shape index (κ1) is 8.05. The van der Waals surface area contributed by atoms with Gasteiger partial charge in [0.15, 0.2) is 0 Å². The Morgan fingerprint density at radius 3 is 2.69 bits per heavy atom. The van der Waals surface area contributed by atoms with Crippen molar-refractivity contribution in [1.29, 1.82) is 5.41 Å². The van der Waals surface area contributed by atoms with Crippen LogP contribution in [-0.2, 0) is 7.05 Å². The maximum atomic E-state index is 7.34. The predicted molar refractivity (Wildman–Crippen MR) is 55.5 cm³/mol. The van der Waals surface area contributed by atoms with Gasteiger partial charge in [-0.05, 0) is 13.0 Å². The third kappa shape index (κ3) is 0.985. The minimum absolute atomic E-state index is 1.03. The van der Waals surface area contributed by atoms with E-state index in [4.69, 9.17) is 5.41 Å². The lowest BCUT2D eigenvalue weighted by atomic mass is 10.1. The molecular formula is C11H12N2. The highest BCUT2D eigenvalue weighted by molar-refractivity contribution is 6.00. The Bertz CT molecular complexity index is 466. The number of benzene rings is 1. The van der Waals surface area contributed by atoms with E-state index in [1.165, 1.54) is 11.7 Å². The molecule has 0 fully saturated rings. The number of aryl methyl sites for hydroxylation is 1. The van der Waals surface area contributed by atoms with E-state index in [9.17, 15) is 0 Å². The van der Waals surface area contributed by atoms with Gasteiger partial charge in [-0.15, -0.1) is 0 Å². The average molecular weight is 172 g/mol. The van der Waals surface area contributed by atoms with Gasteiger partial charge in [-0.25, -0.2) is 0 Å². The maximum absolute atomic E-state index is 7.34. The summed E-state index contributed by atoms with van der Waals surface area (Å²) < 4.78 is 2.12. The van der Waals surface area contributed by atoms with E-state index < -0.39 is 0 Å². The molecule has 0 aliphatic heterocycles. The lowest BCUT2D eigenvalue weighted by molar-refractivity contribution is 0.916. The van der Waals surface area contributed by atoms with Crippen LogP contribution in [0.15, 0.2) is 24.3 Å². The van der Waals surface area contributed by atoms with Crippen LogP contribution in [0.3, 0.4) is 0 Å². The number of nitrogens with one attached hydrogen (secondary N) is 1. The van der Waals surface area contributed by atoms with Crippen LogP contribution in [0.1, 0.15) is 11.3 Å². The predicted octanol–water partition coefficient (Wildman–Crippen LogP) is 2.48. The smallest absolute Gasteiger partial charge is 0.0486 e. The normalized spacial score (nSPS) is 10.6. The summed E-state index contributed by atoms with van der Waals surface area (Å²) in [6.07, 6.45) is 1.43. The van der Waals surface area contributed by atoms with Crippen molar-refractivity contribution in [1.82, 2.24) is 4.57 Å². The lowest BCUT2D eigenvalue weighted by Crippen LogP contribution is -1.91. The minimum Gasteiger partial charge on any atom is -0.347 e. The zero-order valence-corrected chi connectivity index (χ0v) is 7.83. The molecule has 0 aliphatic rings. The molecule has 0 atom stereocenters. The van der Waals surface area contributed by atoms with Crippen LogP contribution < -0.4 is 0 Å². The lowest BCUT2D eigenvalue weighted by Gasteiger charge is -1.96. The Morgan fingerprint density at radius 1 is 1.31 bits per heavy atom. The molecular weight excluding hydrogens is 160 g/mol. The second-order valence-corrected chi connectivity index (χ2v) is 3.22. The second kappa shape index (κ2) is 2.73. The third-order valence-corrected chi connectivity index (χ3v) is 2.59. The molecule has 1 N–H and O–H groups in total. The molecule has 2 heteroatoms. The van der Waals surface area contributed by atoms with Crippen molar-refractivity contribution < 1.29 is 0 Å². The van der Waals surface area contributed by atoms with Crippen molar-refractivity contribution in [2.24, 2.45) is 7.05 Å². The fourth-order valence-electron chi connectivity index (χ4n) is 1.73. The summed E-state index contributed by atoms with van der Waals surface area (Å²) in [5, 5.41) is 8.51. The van der Waals surface area contributed by atoms with Crippen LogP contribution in [-0.4, -0.2) is 10.8 Å². The molecule has 0 aliphatic carbocycles. The first-order valence-corrected chi connectivity index (χ1v) is 4.30. The zero-order chi connectivity index (χ0) is 9.42. The summed E-state index contributed by atoms with van der Waals surface area (Å²) in [4.78, 5) is 0. The molecule has 0 unspecified atom stereocenters. The molecule has 2 aromatic rings. The number of fused-ring (bicyclic) bond motifs is 1. The maximum Gasteiger partial charge on any atom is 0.0486 e. The second-order valence-electron chi connectivity index (χ2n) is 3.22. The van der Waals surface area contributed by atoms with Gasteiger partial charge in [0.25, 0.3) is 0 Å². The molecule has 0 saturated heterocycles. The Labute approximate surface area is 77.3 Å². The van der Waals surface area contributed by atoms with E-state index in [2.05, 4.69) is 16.7 Å². The number of hydrogen-bond donors (Lipinski definition) is 1. The highest BCUT2D eigenvalue weighted by Gasteiger charge is 2.07. The molecule has 0 bridgehead atoms. The number of nitrogens with zero attached hydrogens (tertiary/aromatic N) is 1. The molecule has 1 aromatic heterocycles. The summed E-state index contributed by atoms with van der Waals surface area (Å²) in [5.41, 5.74) is 3.37. The van der Waals surface area contributed by atoms with Crippen LogP contribution >= 0.6 is 0 Å². The van der Waals surface area contributed by atoms with Gasteiger partial charge < -0.3 is 9.98 Å². The third-order valence-electron chi connectivity index (χ3n) is 2.59. The first-order valence-electron chi connectivity index (χ1n) is 4.30. The van der Waals surface area contributed by atoms with Crippen molar-refractivity contribution in [2.45, 2.75) is 6.92 Å². The first-order chi connectivity index (χ1) is 6.25. The molecule has 2 nitrogen and oxygen atoms in total. The monoisotopic (exact) mass is 172 g/mol. The summed E-state index contributed by atoms with van der Waals surface area (Å²) >= 11 is 0. The average Bonchev–Trinajstić information content (AvgIpc) is 2.41. The highest BCUT2D eigenvalue weighted by Crippen LogP contribution is 2.22. The van der Waals surface area contributed by atoms with Crippen LogP contribution in [0.25, 0.3) is 10.9 Å². The van der Waals surface area contributed by atoms with Gasteiger partial charge in [-0.2, -0.15) is 0 Å². The summed E-state index contributed by atoms with van der Waals surface area (Å²) in [6.45, 7) is 2.04. The van der Waals surface area contributed by atoms with Crippen LogP contribution in [0.4, 0.5) is 0 Å². The van der Waals surface area contributed by atoms with E-state index in [0.29, 0.717) is 0 Å². The van der Waals surface area contributed by atoms with Crippen molar-refractivity contribution >= 4 is 17.1 Å². The number of hydrogen-bond acceptors (Lipinski definition) is 1. The fourth-order valence-corrected chi connectivity index (χ4v) is 1.73. The van der Waals surface area contributed by atoms with Gasteiger partial charge >= 0.3 is 0 Å². The van der Waals surface area contributed by atoms with Gasteiger partial charge in [0, 0.05) is 35.4 Å². The molecule has 0 amide bonds. The van der Waals surface area contributed by atoms with Gasteiger partial charge in [-0.1, -0.05) is 18.2 Å². The molecule has 0 spiro atoms. The summed E-state index contributed by atoms with van der Waals surface area (Å²) in [6, 6.07) is 8.17. The van der Waals surface area contributed by atoms with Gasteiger partial charge in [0.2, 0.25) is 0 Å². The SMILES string of the molecule is Cc1c(C=N)c2ccccc2n1C. The van der Waals surface area contributed by atoms with Gasteiger partial charge in [0.05, 0.1) is 0 Å². The number of aromatic nitrogens is 1. The van der Waals surface area contributed by atoms with Crippen molar-refractivity contribution in [3.63, 3.8) is 0 Å². The molecule has 0 saturated carbocycles. The van der Waals surface area contributed by atoms with E-state index in [1.54, 1.807) is 0 Å². The molecule has 0 radical (unpaired) electrons. The topological polar surface area (TPSA) is 28.8 Å². The number of rotatable bonds is 1. The molecule has 1 aromatic carbocycles. The van der Waals surface area contributed by atoms with E-state index in [-0.39, 0.29) is 0 Å². The van der Waals surface area contributed by atoms with E-state index in [1.807, 2.05) is 26.1 Å². The standard InChI is InChI=1S/C11H12N2/c1-8-10(7-12)9-5-3-4-6-11(9)13(8)2/h3-7,12H,1-2H3. The summed E-state index contributed by atoms with van der Waals surface area (Å²) in [5.74, 6) is 0. The number of para-hydroxylation sites is 1. The van der Waals surface area contributed by atoms with Crippen molar-refractivity contribution in [3.05, 3.63) is 35.5 Å². The Hall–Kier alpha value is -1.57. The zero-order valence-electron chi connectivity index (χ0n) is 7.83. The molecule has 13 heavy (non-hydrogen) atoms. The van der Waals surface area contributed by atoms with Crippen LogP contribution in [0.5, 0.6) is 0 Å². The molecule has 2 rings (SSSR count). The van der Waals surface area contributed by atoms with Gasteiger partial charge in [0.1, 0.15) is 0 Å². The van der Waals surface area contributed by atoms with Crippen LogP contribution in [0, 0.1) is 12.3 Å². The van der Waals surface area contributed by atoms with Crippen molar-refractivity contribution in [3.8, 4) is 0 Å². The van der Waals surface area contributed by atoms with E-state index in [0.717, 1.165) is 16.6 Å². The van der Waals surface area contributed by atoms with Crippen molar-refractivity contribution in [2.75, 3.05) is 0 Å². The Kier molecular flexibility index (Phi) is 1.69. The Balaban J connectivity index is 2.98. The molecule has 1 heterocycles. The fraction of sp³-hybridized carbons (Fsp3) is 0.182. The summed E-state index contributed by atoms with van der Waals surface area (Å²) in [7, 11) is 2.03. The van der Waals surface area contributed by atoms with Gasteiger partial charge in [-0.3, -0.25) is 0 Å². The Morgan fingerprint density at radius 2 is 2.00 bits per heavy atom. The van der Waals surface area contributed by atoms with Crippen LogP contribution in [0.2, 0.25) is 0 Å². The largest absolute Gasteiger partial charge is 0.347 e. The minimum atomic E-state index is 1.03. The highest BCUT2D eigenvalue weighted by atomic mass is 14.9. The van der Waals surface area contributed by atoms with E-state index >= 15 is 0 Å².